The zero-order chi connectivity index (χ0) is 74.7. The Balaban J connectivity index is 1.29. The predicted molar refractivity (Wildman–Crippen MR) is 374 cm³/mol. The van der Waals surface area contributed by atoms with Gasteiger partial charge in [0.2, 0.25) is 70.9 Å². The highest BCUT2D eigenvalue weighted by Crippen LogP contribution is 2.43. The summed E-state index contributed by atoms with van der Waals surface area (Å²) in [5.41, 5.74) is -1.51. The van der Waals surface area contributed by atoms with Gasteiger partial charge in [0.15, 0.2) is 0 Å². The second-order valence-electron chi connectivity index (χ2n) is 31.0. The van der Waals surface area contributed by atoms with Crippen molar-refractivity contribution < 1.29 is 70.7 Å². The number of hydrogen-bond donors (Lipinski definition) is 3. The molecule has 2 saturated heterocycles. The lowest BCUT2D eigenvalue weighted by atomic mass is 9.74. The largest absolute Gasteiger partial charge is 0.391 e. The van der Waals surface area contributed by atoms with Gasteiger partial charge in [0.05, 0.1) is 25.4 Å². The lowest BCUT2D eigenvalue weighted by molar-refractivity contribution is -0.184. The van der Waals surface area contributed by atoms with E-state index in [1.807, 2.05) is 6.92 Å². The minimum absolute atomic E-state index is 0.0185. The summed E-state index contributed by atoms with van der Waals surface area (Å²) in [6, 6.07) is -9.87. The van der Waals surface area contributed by atoms with Crippen LogP contribution in [0, 0.1) is 41.4 Å². The molecule has 7 aliphatic rings. The van der Waals surface area contributed by atoms with E-state index < -0.39 is 168 Å². The lowest BCUT2D eigenvalue weighted by Crippen LogP contribution is -2.65. The molecule has 7 rings (SSSR count). The first-order valence-electron chi connectivity index (χ1n) is 37.2. The van der Waals surface area contributed by atoms with Crippen LogP contribution in [0.25, 0.3) is 0 Å². The summed E-state index contributed by atoms with van der Waals surface area (Å²) < 4.78 is 42.3. The Hall–Kier alpha value is -6.54. The van der Waals surface area contributed by atoms with Gasteiger partial charge in [-0.15, -0.1) is 11.6 Å². The van der Waals surface area contributed by atoms with Crippen molar-refractivity contribution in [3.8, 4) is 0 Å². The second kappa shape index (κ2) is 35.8. The fraction of sp³-hybridized carbons (Fsp3) is 0.808. The van der Waals surface area contributed by atoms with Crippen molar-refractivity contribution in [2.45, 2.75) is 254 Å². The van der Waals surface area contributed by atoms with E-state index in [1.54, 1.807) is 26.0 Å². The average molecular weight is 1450 g/mol. The van der Waals surface area contributed by atoms with Crippen LogP contribution in [0.3, 0.4) is 0 Å². The van der Waals surface area contributed by atoms with Crippen molar-refractivity contribution in [1.29, 1.82) is 0 Å². The van der Waals surface area contributed by atoms with E-state index in [9.17, 15) is 41.9 Å². The Kier molecular flexibility index (Phi) is 29.0. The van der Waals surface area contributed by atoms with Gasteiger partial charge in [-0.05, 0) is 151 Å². The average Bonchev–Trinajstić information content (AvgIpc) is 1.74. The molecule has 1 spiro atoms. The number of fused-ring (bicyclic) bond motifs is 3. The molecule has 3 heterocycles. The molecule has 24 nitrogen and oxygen atoms in total. The molecule has 4 aliphatic carbocycles. The normalized spacial score (nSPS) is 32.5. The first-order chi connectivity index (χ1) is 47.6. The number of alkyl halides is 4. The molecule has 4 saturated carbocycles. The fourth-order valence-electron chi connectivity index (χ4n) is 17.2. The zero-order valence-corrected chi connectivity index (χ0v) is 62.9. The molecule has 2 bridgehead atoms. The third-order valence-corrected chi connectivity index (χ3v) is 24.5. The Morgan fingerprint density at radius 3 is 1.86 bits per heavy atom. The van der Waals surface area contributed by atoms with E-state index in [0.717, 1.165) is 35.5 Å². The van der Waals surface area contributed by atoms with Crippen molar-refractivity contribution in [2.75, 3.05) is 82.6 Å². The maximum atomic E-state index is 15.6. The highest BCUT2D eigenvalue weighted by molar-refractivity contribution is 6.21. The molecule has 6 fully saturated rings. The van der Waals surface area contributed by atoms with E-state index >= 15 is 28.8 Å². The standard InChI is InChI=1S/C73H116ClF3N12O12/c1-14-44(3)61-69(99)83(9)43-59(92)85(11)54-26-17-16-22-36-89(68(54)98)56(40-47-28-31-50(32-29-47)73(75,76)77)67(97)82(8)42-57(90)78-51(33-30-48-38-45(4)60(74)46(5)39-48)65(95)88-37-23-27-53(88)64(94)80-72(34-20-21-35-72)71(101)87(13)62(49-24-18-19-25-49)70(100)86(12)55(66(96)81(6)7)41-58(91)84(10)52(15-2)63(93)79-61/h16-17,44-56,60-62H,14-15,18-43H2,1-13H3,(H,78,90)(H,79,93)(H,80,94)/b17-16-/t44-,45?,46?,47?,48?,50?,51-,52-,53-,54-,55-,56-,60?,61-,62-/m0/s1. The molecular weight excluding hydrogens is 1330 g/mol. The van der Waals surface area contributed by atoms with Crippen LogP contribution in [0.1, 0.15) is 189 Å². The first-order valence-corrected chi connectivity index (χ1v) is 37.7. The summed E-state index contributed by atoms with van der Waals surface area (Å²) >= 11 is 6.82. The predicted octanol–water partition coefficient (Wildman–Crippen LogP) is 6.11. The van der Waals surface area contributed by atoms with Gasteiger partial charge in [0.1, 0.15) is 53.9 Å². The van der Waals surface area contributed by atoms with Gasteiger partial charge in [-0.3, -0.25) is 57.5 Å². The number of rotatable bonds is 10. The molecule has 0 radical (unpaired) electrons. The van der Waals surface area contributed by atoms with Crippen LogP contribution in [0.4, 0.5) is 13.2 Å². The number of likely N-dealkylation sites (N-methyl/N-ethyl adjacent to an activating group) is 7. The molecule has 0 aromatic heterocycles. The van der Waals surface area contributed by atoms with E-state index in [0.29, 0.717) is 44.9 Å². The number of nitrogens with one attached hydrogen (secondary N) is 3. The van der Waals surface area contributed by atoms with Crippen LogP contribution in [0.2, 0.25) is 0 Å². The number of hydrogen-bond acceptors (Lipinski definition) is 12. The third-order valence-electron chi connectivity index (χ3n) is 23.7. The maximum Gasteiger partial charge on any atom is 0.391 e. The molecule has 0 aromatic rings. The number of carbonyl (C=O) groups is 12. The van der Waals surface area contributed by atoms with E-state index in [2.05, 4.69) is 29.8 Å². The molecule has 28 heteroatoms. The van der Waals surface area contributed by atoms with Gasteiger partial charge in [0.25, 0.3) is 0 Å². The van der Waals surface area contributed by atoms with Crippen LogP contribution in [0.5, 0.6) is 0 Å². The highest BCUT2D eigenvalue weighted by Gasteiger charge is 2.52. The monoisotopic (exact) mass is 1440 g/mol. The van der Waals surface area contributed by atoms with Gasteiger partial charge < -0.3 is 60.0 Å². The van der Waals surface area contributed by atoms with Crippen LogP contribution >= 0.6 is 11.6 Å². The third kappa shape index (κ3) is 19.7. The minimum Gasteiger partial charge on any atom is -0.347 e. The molecule has 2 unspecified atom stereocenters. The van der Waals surface area contributed by atoms with Crippen LogP contribution in [-0.4, -0.2) is 263 Å². The van der Waals surface area contributed by atoms with Crippen molar-refractivity contribution in [1.82, 2.24) is 60.0 Å². The van der Waals surface area contributed by atoms with Crippen LogP contribution in [0.15, 0.2) is 12.2 Å². The highest BCUT2D eigenvalue weighted by atomic mass is 35.5. The molecule has 568 valence electrons. The zero-order valence-electron chi connectivity index (χ0n) is 62.1. The minimum atomic E-state index is -4.43. The summed E-state index contributed by atoms with van der Waals surface area (Å²) in [6.07, 6.45) is 5.98. The Morgan fingerprint density at radius 2 is 1.27 bits per heavy atom. The van der Waals surface area contributed by atoms with Crippen LogP contribution in [-0.2, 0) is 57.5 Å². The van der Waals surface area contributed by atoms with Gasteiger partial charge in [-0.2, -0.15) is 13.2 Å². The Bertz CT molecular complexity index is 3000. The van der Waals surface area contributed by atoms with Gasteiger partial charge in [0, 0.05) is 74.8 Å². The summed E-state index contributed by atoms with van der Waals surface area (Å²) in [5.74, 6) is -10.1. The Morgan fingerprint density at radius 1 is 0.644 bits per heavy atom. The number of carbonyl (C=O) groups excluding carboxylic acids is 12. The molecule has 11 atom stereocenters. The summed E-state index contributed by atoms with van der Waals surface area (Å²) in [6.45, 7) is 8.29. The number of nitrogens with zero attached hydrogens (tertiary/aromatic N) is 9. The molecule has 101 heavy (non-hydrogen) atoms. The second-order valence-corrected chi connectivity index (χ2v) is 31.5. The van der Waals surface area contributed by atoms with E-state index in [-0.39, 0.29) is 119 Å². The lowest BCUT2D eigenvalue weighted by Gasteiger charge is -2.42. The fourth-order valence-corrected chi connectivity index (χ4v) is 17.4. The molecule has 3 N–H and O–H groups in total. The van der Waals surface area contributed by atoms with Crippen molar-refractivity contribution in [3.05, 3.63) is 12.2 Å². The van der Waals surface area contributed by atoms with Gasteiger partial charge >= 0.3 is 6.18 Å². The number of amides is 12. The van der Waals surface area contributed by atoms with Crippen molar-refractivity contribution in [3.63, 3.8) is 0 Å². The summed E-state index contributed by atoms with van der Waals surface area (Å²) in [5, 5.41) is 8.86. The molecule has 3 aliphatic heterocycles. The summed E-state index contributed by atoms with van der Waals surface area (Å²) in [7, 11) is 11.5. The van der Waals surface area contributed by atoms with Crippen LogP contribution < -0.4 is 16.0 Å². The van der Waals surface area contributed by atoms with E-state index in [4.69, 9.17) is 11.6 Å². The van der Waals surface area contributed by atoms with Crippen molar-refractivity contribution >= 4 is 82.5 Å². The topological polar surface area (TPSA) is 270 Å². The van der Waals surface area contributed by atoms with E-state index in [1.165, 1.54) is 90.7 Å². The quantitative estimate of drug-likeness (QED) is 0.165. The summed E-state index contributed by atoms with van der Waals surface area (Å²) in [4.78, 5) is 191. The SMILES string of the molecule is CC[C@H](C)[C@@H]1NC(=O)[C@H](CC)N(C)C(=O)C[C@@H](C(=O)N(C)C)N(C)C(=O)[C@H](C2CCCC2)N(C)C(=O)C2(CCCC2)NC(=O)[C@@H]2CCCN2C(=O)[C@H](CCC2CC(C)C(Cl)C(C)C2)NC(=O)CN(C)C(=O)[C@H](CC2CCC(C(F)(F)F)CC2)N2CC/C=C\C[C@@H](C2=O)N(C)C(=O)CN(C)C1=O. The smallest absolute Gasteiger partial charge is 0.347 e. The maximum absolute atomic E-state index is 15.6. The van der Waals surface area contributed by atoms with Crippen molar-refractivity contribution in [2.24, 2.45) is 41.4 Å². The molecule has 0 aromatic carbocycles. The van der Waals surface area contributed by atoms with Gasteiger partial charge in [-0.25, -0.2) is 0 Å². The molecular formula is C73H116ClF3N12O12. The van der Waals surface area contributed by atoms with Gasteiger partial charge in [-0.1, -0.05) is 78.9 Å². The Labute approximate surface area is 601 Å². The first kappa shape index (κ1) is 81.8. The molecule has 12 amide bonds. The number of halogens is 4.